The van der Waals surface area contributed by atoms with Crippen molar-refractivity contribution in [1.82, 2.24) is 5.32 Å². The molecule has 0 saturated carbocycles. The molecule has 1 rings (SSSR count). The molecule has 0 aliphatic carbocycles. The van der Waals surface area contributed by atoms with Gasteiger partial charge < -0.3 is 32.1 Å². The smallest absolute Gasteiger partial charge is 0.337 e. The van der Waals surface area contributed by atoms with Gasteiger partial charge in [0, 0.05) is 6.54 Å². The summed E-state index contributed by atoms with van der Waals surface area (Å²) in [6.45, 7) is 0.482. The van der Waals surface area contributed by atoms with Gasteiger partial charge in [0.1, 0.15) is 6.04 Å². The van der Waals surface area contributed by atoms with Gasteiger partial charge in [0.15, 0.2) is 12.1 Å². The largest absolute Gasteiger partial charge is 0.480 e. The lowest BCUT2D eigenvalue weighted by atomic mass is 10.1. The van der Waals surface area contributed by atoms with Gasteiger partial charge in [0.2, 0.25) is 0 Å². The molecule has 1 unspecified atom stereocenters. The van der Waals surface area contributed by atoms with Crippen molar-refractivity contribution in [2.45, 2.75) is 25.0 Å². The number of nitrogens with one attached hydrogen (secondary N) is 2. The van der Waals surface area contributed by atoms with Crippen molar-refractivity contribution < 1.29 is 24.9 Å². The van der Waals surface area contributed by atoms with E-state index >= 15 is 0 Å². The van der Waals surface area contributed by atoms with Gasteiger partial charge in [-0.15, -0.1) is 0 Å². The summed E-state index contributed by atoms with van der Waals surface area (Å²) in [5.74, 6) is -2.34. The van der Waals surface area contributed by atoms with E-state index in [9.17, 15) is 9.59 Å². The summed E-state index contributed by atoms with van der Waals surface area (Å²) >= 11 is 0. The van der Waals surface area contributed by atoms with Crippen LogP contribution in [-0.2, 0) is 9.59 Å². The molecule has 0 aromatic heterocycles. The van der Waals surface area contributed by atoms with Crippen molar-refractivity contribution >= 4 is 17.9 Å². The Hall–Kier alpha value is -2.65. The van der Waals surface area contributed by atoms with E-state index in [2.05, 4.69) is 5.32 Å². The van der Waals surface area contributed by atoms with Gasteiger partial charge in [0.25, 0.3) is 0 Å². The van der Waals surface area contributed by atoms with E-state index in [4.69, 9.17) is 32.2 Å². The zero-order valence-corrected chi connectivity index (χ0v) is 12.5. The van der Waals surface area contributed by atoms with E-state index in [0.29, 0.717) is 24.9 Å². The molecule has 0 aliphatic rings. The van der Waals surface area contributed by atoms with Gasteiger partial charge >= 0.3 is 11.9 Å². The molecular formula is C14H22N4O5. The van der Waals surface area contributed by atoms with Gasteiger partial charge in [-0.05, 0) is 18.4 Å². The Labute approximate surface area is 133 Å². The Morgan fingerprint density at radius 3 is 2.17 bits per heavy atom. The van der Waals surface area contributed by atoms with Crippen LogP contribution in [0.4, 0.5) is 0 Å². The summed E-state index contributed by atoms with van der Waals surface area (Å²) < 4.78 is 0. The Morgan fingerprint density at radius 2 is 1.74 bits per heavy atom. The number of benzene rings is 1. The molecule has 128 valence electrons. The Morgan fingerprint density at radius 1 is 1.17 bits per heavy atom. The van der Waals surface area contributed by atoms with Crippen LogP contribution in [-0.4, -0.2) is 45.8 Å². The first kappa shape index (κ1) is 20.3. The lowest BCUT2D eigenvalue weighted by Crippen LogP contribution is -2.34. The molecule has 0 bridgehead atoms. The second-order valence-corrected chi connectivity index (χ2v) is 4.58. The first-order valence-electron chi connectivity index (χ1n) is 6.77. The van der Waals surface area contributed by atoms with Crippen LogP contribution in [0.5, 0.6) is 0 Å². The zero-order chi connectivity index (χ0) is 17.8. The standard InChI is InChI=1S/C8H8O3.C6H14N4O2/c9-7(8(10)11)6-4-2-1-3-5-6;7-4(5(11)12)2-1-3-10-6(8)9/h1-5,7,9H,(H,10,11);4H,1-3,7H2,(H,11,12)(H4,8,9,10)/t;4-/m.0/s1. The first-order chi connectivity index (χ1) is 10.8. The molecule has 0 amide bonds. The molecule has 0 saturated heterocycles. The summed E-state index contributed by atoms with van der Waals surface area (Å²) in [5.41, 5.74) is 10.6. The van der Waals surface area contributed by atoms with Crippen LogP contribution >= 0.6 is 0 Å². The predicted molar refractivity (Wildman–Crippen MR) is 83.8 cm³/mol. The maximum Gasteiger partial charge on any atom is 0.337 e. The summed E-state index contributed by atoms with van der Waals surface area (Å²) in [6.07, 6.45) is -0.431. The molecule has 0 spiro atoms. The van der Waals surface area contributed by atoms with Gasteiger partial charge in [-0.25, -0.2) is 4.79 Å². The number of rotatable bonds is 7. The maximum absolute atomic E-state index is 10.2. The number of carbonyl (C=O) groups is 2. The highest BCUT2D eigenvalue weighted by Gasteiger charge is 2.14. The quantitative estimate of drug-likeness (QED) is 0.198. The third kappa shape index (κ3) is 9.82. The molecule has 0 aliphatic heterocycles. The Kier molecular flexibility index (Phi) is 9.72. The zero-order valence-electron chi connectivity index (χ0n) is 12.5. The van der Waals surface area contributed by atoms with Crippen molar-refractivity contribution in [1.29, 1.82) is 5.41 Å². The maximum atomic E-state index is 10.2. The van der Waals surface area contributed by atoms with Crippen molar-refractivity contribution in [3.8, 4) is 0 Å². The molecule has 0 heterocycles. The lowest BCUT2D eigenvalue weighted by Gasteiger charge is -2.06. The fourth-order valence-corrected chi connectivity index (χ4v) is 1.45. The van der Waals surface area contributed by atoms with Crippen LogP contribution in [0, 0.1) is 5.41 Å². The van der Waals surface area contributed by atoms with Crippen LogP contribution in [0.1, 0.15) is 24.5 Å². The molecule has 0 radical (unpaired) electrons. The number of aliphatic hydroxyl groups is 1. The highest BCUT2D eigenvalue weighted by Crippen LogP contribution is 2.10. The third-order valence-corrected chi connectivity index (χ3v) is 2.67. The molecule has 2 atom stereocenters. The third-order valence-electron chi connectivity index (χ3n) is 2.67. The number of aliphatic hydroxyl groups excluding tert-OH is 1. The van der Waals surface area contributed by atoms with E-state index in [-0.39, 0.29) is 5.96 Å². The van der Waals surface area contributed by atoms with Crippen LogP contribution in [0.3, 0.4) is 0 Å². The molecule has 0 fully saturated rings. The number of carboxylic acid groups (broad SMARTS) is 2. The SMILES string of the molecule is N=C(N)NCCC[C@H](N)C(=O)O.O=C(O)C(O)c1ccccc1. The second-order valence-electron chi connectivity index (χ2n) is 4.58. The van der Waals surface area contributed by atoms with E-state index < -0.39 is 24.1 Å². The number of carboxylic acids is 2. The van der Waals surface area contributed by atoms with E-state index in [0.717, 1.165) is 0 Å². The number of hydrogen-bond donors (Lipinski definition) is 7. The number of aliphatic carboxylic acids is 2. The molecule has 9 heteroatoms. The second kappa shape index (κ2) is 11.0. The summed E-state index contributed by atoms with van der Waals surface area (Å²) in [5, 5.41) is 35.1. The Bertz CT molecular complexity index is 509. The van der Waals surface area contributed by atoms with Crippen molar-refractivity contribution in [3.05, 3.63) is 35.9 Å². The Balaban J connectivity index is 0.000000422. The normalized spacial score (nSPS) is 12.3. The highest BCUT2D eigenvalue weighted by atomic mass is 16.4. The molecule has 9 nitrogen and oxygen atoms in total. The minimum Gasteiger partial charge on any atom is -0.480 e. The number of nitrogens with two attached hydrogens (primary N) is 2. The van der Waals surface area contributed by atoms with Gasteiger partial charge in [-0.1, -0.05) is 30.3 Å². The van der Waals surface area contributed by atoms with E-state index in [1.807, 2.05) is 0 Å². The lowest BCUT2D eigenvalue weighted by molar-refractivity contribution is -0.147. The van der Waals surface area contributed by atoms with Crippen LogP contribution < -0.4 is 16.8 Å². The summed E-state index contributed by atoms with van der Waals surface area (Å²) in [4.78, 5) is 20.5. The average molecular weight is 326 g/mol. The van der Waals surface area contributed by atoms with Gasteiger partial charge in [-0.2, -0.15) is 0 Å². The monoisotopic (exact) mass is 326 g/mol. The molecular weight excluding hydrogens is 304 g/mol. The van der Waals surface area contributed by atoms with Gasteiger partial charge in [-0.3, -0.25) is 10.2 Å². The predicted octanol–water partition coefficient (Wildman–Crippen LogP) is -0.534. The van der Waals surface area contributed by atoms with Crippen LogP contribution in [0.25, 0.3) is 0 Å². The fourth-order valence-electron chi connectivity index (χ4n) is 1.45. The van der Waals surface area contributed by atoms with Gasteiger partial charge in [0.05, 0.1) is 0 Å². The van der Waals surface area contributed by atoms with Crippen molar-refractivity contribution in [2.75, 3.05) is 6.54 Å². The topological polar surface area (TPSA) is 183 Å². The fraction of sp³-hybridized carbons (Fsp3) is 0.357. The molecule has 1 aromatic rings. The molecule has 9 N–H and O–H groups in total. The summed E-state index contributed by atoms with van der Waals surface area (Å²) in [7, 11) is 0. The van der Waals surface area contributed by atoms with E-state index in [1.165, 1.54) is 0 Å². The minimum atomic E-state index is -1.41. The highest BCUT2D eigenvalue weighted by molar-refractivity contribution is 5.74. The van der Waals surface area contributed by atoms with Crippen molar-refractivity contribution in [2.24, 2.45) is 11.5 Å². The van der Waals surface area contributed by atoms with Crippen LogP contribution in [0.2, 0.25) is 0 Å². The summed E-state index contributed by atoms with van der Waals surface area (Å²) in [6, 6.07) is 7.44. The number of guanidine groups is 1. The molecule has 1 aromatic carbocycles. The minimum absolute atomic E-state index is 0.112. The van der Waals surface area contributed by atoms with Crippen LogP contribution in [0.15, 0.2) is 30.3 Å². The average Bonchev–Trinajstić information content (AvgIpc) is 2.51. The molecule has 23 heavy (non-hydrogen) atoms. The first-order valence-corrected chi connectivity index (χ1v) is 6.77. The number of hydrogen-bond acceptors (Lipinski definition) is 5. The van der Waals surface area contributed by atoms with Crippen molar-refractivity contribution in [3.63, 3.8) is 0 Å². The van der Waals surface area contributed by atoms with E-state index in [1.54, 1.807) is 30.3 Å².